The average molecular weight is 695 g/mol. The summed E-state index contributed by atoms with van der Waals surface area (Å²) >= 11 is 0. The molecule has 0 radical (unpaired) electrons. The molecule has 2 nitrogen and oxygen atoms in total. The quantitative estimate of drug-likeness (QED) is 0.164. The van der Waals surface area contributed by atoms with Gasteiger partial charge in [-0.2, -0.15) is 0 Å². The van der Waals surface area contributed by atoms with Crippen molar-refractivity contribution in [1.82, 2.24) is 9.13 Å². The van der Waals surface area contributed by atoms with Crippen molar-refractivity contribution in [2.45, 2.75) is 26.7 Å². The number of fused-ring (bicyclic) bond motifs is 7. The largest absolute Gasteiger partial charge is 0.309 e. The summed E-state index contributed by atoms with van der Waals surface area (Å²) in [6, 6.07) is 70.2. The standard InChI is InChI=1S/C48H32N2.C4H10/c1-3-15-33(16-4-1)37-19-7-8-20-38(37)35-27-29-36(30-28-35)49-43-25-13-10-22-40(43)47-45(49)31-32-46-48(47)41-23-11-14-26-44(41)50(46)42-24-12-9-21-39(42)34-17-5-2-6-18-34;1-3-4-2/h1-32H;3-4H2,1-2H3. The molecule has 2 aromatic heterocycles. The fourth-order valence-corrected chi connectivity index (χ4v) is 7.98. The Hall–Kier alpha value is -6.64. The van der Waals surface area contributed by atoms with Crippen LogP contribution in [-0.4, -0.2) is 9.13 Å². The zero-order chi connectivity index (χ0) is 36.4. The van der Waals surface area contributed by atoms with E-state index in [0.29, 0.717) is 0 Å². The number of hydrogen-bond donors (Lipinski definition) is 0. The van der Waals surface area contributed by atoms with Gasteiger partial charge in [0.2, 0.25) is 0 Å². The molecule has 10 rings (SSSR count). The molecule has 0 aliphatic rings. The van der Waals surface area contributed by atoms with Crippen molar-refractivity contribution in [3.63, 3.8) is 0 Å². The van der Waals surface area contributed by atoms with Crippen LogP contribution in [-0.2, 0) is 0 Å². The lowest BCUT2D eigenvalue weighted by atomic mass is 9.94. The summed E-state index contributed by atoms with van der Waals surface area (Å²) in [7, 11) is 0. The summed E-state index contributed by atoms with van der Waals surface area (Å²) in [6.07, 6.45) is 2.64. The number of unbranched alkanes of at least 4 members (excludes halogenated alkanes) is 1. The van der Waals surface area contributed by atoms with E-state index in [2.05, 4.69) is 217 Å². The number of aromatic nitrogens is 2. The molecule has 0 saturated carbocycles. The highest BCUT2D eigenvalue weighted by atomic mass is 15.0. The van der Waals surface area contributed by atoms with Crippen molar-refractivity contribution in [3.8, 4) is 44.8 Å². The van der Waals surface area contributed by atoms with Crippen molar-refractivity contribution in [1.29, 1.82) is 0 Å². The second-order valence-corrected chi connectivity index (χ2v) is 13.9. The van der Waals surface area contributed by atoms with Crippen LogP contribution in [0.25, 0.3) is 88.4 Å². The van der Waals surface area contributed by atoms with Crippen LogP contribution in [0.1, 0.15) is 26.7 Å². The Kier molecular flexibility index (Phi) is 8.86. The molecule has 8 aromatic carbocycles. The number of nitrogens with zero attached hydrogens (tertiary/aromatic N) is 2. The normalized spacial score (nSPS) is 11.3. The average Bonchev–Trinajstić information content (AvgIpc) is 3.77. The lowest BCUT2D eigenvalue weighted by Gasteiger charge is -2.14. The maximum absolute atomic E-state index is 2.46. The summed E-state index contributed by atoms with van der Waals surface area (Å²) in [6.45, 7) is 4.36. The van der Waals surface area contributed by atoms with Gasteiger partial charge in [0.05, 0.1) is 27.8 Å². The van der Waals surface area contributed by atoms with Crippen LogP contribution in [0.15, 0.2) is 194 Å². The van der Waals surface area contributed by atoms with Crippen LogP contribution in [0, 0.1) is 0 Å². The van der Waals surface area contributed by atoms with E-state index < -0.39 is 0 Å². The lowest BCUT2D eigenvalue weighted by Crippen LogP contribution is -1.97. The summed E-state index contributed by atoms with van der Waals surface area (Å²) in [5.41, 5.74) is 14.5. The molecule has 54 heavy (non-hydrogen) atoms. The molecule has 10 aromatic rings. The van der Waals surface area contributed by atoms with E-state index in [0.717, 1.165) is 5.69 Å². The molecular formula is C52H42N2. The van der Waals surface area contributed by atoms with E-state index in [1.165, 1.54) is 95.5 Å². The second kappa shape index (κ2) is 14.4. The van der Waals surface area contributed by atoms with Crippen molar-refractivity contribution < 1.29 is 0 Å². The summed E-state index contributed by atoms with van der Waals surface area (Å²) in [4.78, 5) is 0. The van der Waals surface area contributed by atoms with Crippen molar-refractivity contribution in [3.05, 3.63) is 194 Å². The molecule has 0 saturated heterocycles. The van der Waals surface area contributed by atoms with Crippen LogP contribution in [0.5, 0.6) is 0 Å². The monoisotopic (exact) mass is 694 g/mol. The van der Waals surface area contributed by atoms with E-state index in [-0.39, 0.29) is 0 Å². The van der Waals surface area contributed by atoms with Crippen LogP contribution in [0.4, 0.5) is 0 Å². The van der Waals surface area contributed by atoms with Gasteiger partial charge in [-0.3, -0.25) is 0 Å². The maximum atomic E-state index is 2.46. The molecule has 0 bridgehead atoms. The maximum Gasteiger partial charge on any atom is 0.0549 e. The first-order valence-electron chi connectivity index (χ1n) is 19.1. The first kappa shape index (κ1) is 33.2. The summed E-state index contributed by atoms with van der Waals surface area (Å²) < 4.78 is 4.89. The highest BCUT2D eigenvalue weighted by Gasteiger charge is 2.21. The van der Waals surface area contributed by atoms with Crippen molar-refractivity contribution >= 4 is 43.6 Å². The molecular weight excluding hydrogens is 653 g/mol. The van der Waals surface area contributed by atoms with Gasteiger partial charge in [0.1, 0.15) is 0 Å². The van der Waals surface area contributed by atoms with Gasteiger partial charge in [-0.05, 0) is 70.3 Å². The Balaban J connectivity index is 0.000000918. The third-order valence-corrected chi connectivity index (χ3v) is 10.6. The van der Waals surface area contributed by atoms with E-state index in [1.54, 1.807) is 0 Å². The highest BCUT2D eigenvalue weighted by molar-refractivity contribution is 6.29. The van der Waals surface area contributed by atoms with Gasteiger partial charge < -0.3 is 9.13 Å². The van der Waals surface area contributed by atoms with Gasteiger partial charge in [0.25, 0.3) is 0 Å². The van der Waals surface area contributed by atoms with Gasteiger partial charge in [0.15, 0.2) is 0 Å². The minimum absolute atomic E-state index is 1.15. The Morgan fingerprint density at radius 2 is 0.722 bits per heavy atom. The molecule has 0 atom stereocenters. The van der Waals surface area contributed by atoms with Gasteiger partial charge in [-0.25, -0.2) is 0 Å². The van der Waals surface area contributed by atoms with E-state index in [4.69, 9.17) is 0 Å². The number of benzene rings is 8. The molecule has 0 fully saturated rings. The molecule has 0 N–H and O–H groups in total. The minimum atomic E-state index is 1.15. The zero-order valence-electron chi connectivity index (χ0n) is 30.8. The minimum Gasteiger partial charge on any atom is -0.309 e. The first-order valence-corrected chi connectivity index (χ1v) is 19.1. The Morgan fingerprint density at radius 3 is 1.28 bits per heavy atom. The molecule has 0 aliphatic carbocycles. The topological polar surface area (TPSA) is 9.86 Å². The Labute approximate surface area is 317 Å². The van der Waals surface area contributed by atoms with Crippen LogP contribution < -0.4 is 0 Å². The third kappa shape index (κ3) is 5.68. The SMILES string of the molecule is CCCC.c1ccc(-c2ccccc2-c2ccc(-n3c4ccccc4c4c5c6ccccc6n(-c6ccccc6-c6ccccc6)c5ccc43)cc2)cc1. The molecule has 2 heterocycles. The molecule has 0 spiro atoms. The molecule has 2 heteroatoms. The predicted octanol–water partition coefficient (Wildman–Crippen LogP) is 14.7. The summed E-state index contributed by atoms with van der Waals surface area (Å²) in [5.74, 6) is 0. The van der Waals surface area contributed by atoms with Gasteiger partial charge in [-0.1, -0.05) is 178 Å². The Morgan fingerprint density at radius 1 is 0.315 bits per heavy atom. The number of rotatable bonds is 6. The van der Waals surface area contributed by atoms with E-state index in [1.807, 2.05) is 0 Å². The van der Waals surface area contributed by atoms with Crippen LogP contribution in [0.3, 0.4) is 0 Å². The zero-order valence-corrected chi connectivity index (χ0v) is 30.8. The first-order chi connectivity index (χ1) is 26.8. The van der Waals surface area contributed by atoms with Crippen LogP contribution >= 0.6 is 0 Å². The van der Waals surface area contributed by atoms with Crippen LogP contribution in [0.2, 0.25) is 0 Å². The van der Waals surface area contributed by atoms with Gasteiger partial charge in [0, 0.05) is 32.8 Å². The Bertz CT molecular complexity index is 2870. The molecule has 0 unspecified atom stereocenters. The number of hydrogen-bond acceptors (Lipinski definition) is 0. The van der Waals surface area contributed by atoms with Gasteiger partial charge in [-0.15, -0.1) is 0 Å². The van der Waals surface area contributed by atoms with Gasteiger partial charge >= 0.3 is 0 Å². The smallest absolute Gasteiger partial charge is 0.0549 e. The molecule has 260 valence electrons. The summed E-state index contributed by atoms with van der Waals surface area (Å²) in [5, 5.41) is 5.07. The molecule has 0 aliphatic heterocycles. The van der Waals surface area contributed by atoms with Crippen molar-refractivity contribution in [2.24, 2.45) is 0 Å². The fourth-order valence-electron chi connectivity index (χ4n) is 7.98. The highest BCUT2D eigenvalue weighted by Crippen LogP contribution is 2.43. The van der Waals surface area contributed by atoms with Crippen molar-refractivity contribution in [2.75, 3.05) is 0 Å². The van der Waals surface area contributed by atoms with E-state index in [9.17, 15) is 0 Å². The second-order valence-electron chi connectivity index (χ2n) is 13.9. The molecule has 0 amide bonds. The fraction of sp³-hybridized carbons (Fsp3) is 0.0769. The lowest BCUT2D eigenvalue weighted by molar-refractivity contribution is 0.886. The third-order valence-electron chi connectivity index (χ3n) is 10.6. The predicted molar refractivity (Wildman–Crippen MR) is 232 cm³/mol. The van der Waals surface area contributed by atoms with E-state index >= 15 is 0 Å². The number of para-hydroxylation sites is 3.